The van der Waals surface area contributed by atoms with Crippen molar-refractivity contribution in [1.82, 2.24) is 4.98 Å². The van der Waals surface area contributed by atoms with Gasteiger partial charge in [-0.1, -0.05) is 0 Å². The van der Waals surface area contributed by atoms with E-state index in [-0.39, 0.29) is 6.61 Å². The molecule has 0 aromatic carbocycles. The molecule has 0 saturated heterocycles. The summed E-state index contributed by atoms with van der Waals surface area (Å²) in [6.45, 7) is 1.89. The molecule has 0 radical (unpaired) electrons. The normalized spacial score (nSPS) is 9.18. The molecular weight excluding hydrogens is 138 g/mol. The summed E-state index contributed by atoms with van der Waals surface area (Å²) in [6, 6.07) is 1.84. The van der Waals surface area contributed by atoms with Crippen LogP contribution in [0.3, 0.4) is 0 Å². The van der Waals surface area contributed by atoms with Gasteiger partial charge < -0.3 is 5.11 Å². The molecule has 0 atom stereocenters. The molecule has 0 aliphatic carbocycles. The van der Waals surface area contributed by atoms with Crippen LogP contribution in [0.15, 0.2) is 12.3 Å². The van der Waals surface area contributed by atoms with E-state index in [0.717, 1.165) is 11.1 Å². The molecular formula is C9H9NO. The van der Waals surface area contributed by atoms with Gasteiger partial charge in [-0.3, -0.25) is 0 Å². The molecule has 2 heteroatoms. The largest absolute Gasteiger partial charge is 0.392 e. The minimum atomic E-state index is 0.0126. The number of aryl methyl sites for hydroxylation is 1. The quantitative estimate of drug-likeness (QED) is 0.598. The summed E-state index contributed by atoms with van der Waals surface area (Å²) >= 11 is 0. The average molecular weight is 147 g/mol. The maximum Gasteiger partial charge on any atom is 0.115 e. The van der Waals surface area contributed by atoms with Crippen LogP contribution in [0.1, 0.15) is 16.8 Å². The molecule has 0 unspecified atom stereocenters. The maximum absolute atomic E-state index is 8.73. The van der Waals surface area contributed by atoms with Crippen molar-refractivity contribution in [2.24, 2.45) is 0 Å². The molecule has 1 heterocycles. The standard InChI is InChI=1S/C9H9NO/c1-3-9-7(2)4-8(6-11)5-10-9/h1,4-5,11H,6H2,2H3. The molecule has 0 fully saturated rings. The van der Waals surface area contributed by atoms with Gasteiger partial charge in [-0.05, 0) is 30.0 Å². The number of hydrogen-bond acceptors (Lipinski definition) is 2. The van der Waals surface area contributed by atoms with Crippen molar-refractivity contribution in [1.29, 1.82) is 0 Å². The highest BCUT2D eigenvalue weighted by atomic mass is 16.3. The fourth-order valence-electron chi connectivity index (χ4n) is 0.871. The number of terminal acetylenes is 1. The van der Waals surface area contributed by atoms with E-state index in [9.17, 15) is 0 Å². The Bertz CT molecular complexity index is 299. The second kappa shape index (κ2) is 3.18. The van der Waals surface area contributed by atoms with Crippen molar-refractivity contribution in [2.75, 3.05) is 0 Å². The fraction of sp³-hybridized carbons (Fsp3) is 0.222. The van der Waals surface area contributed by atoms with Crippen molar-refractivity contribution in [3.8, 4) is 12.3 Å². The number of aliphatic hydroxyl groups excluding tert-OH is 1. The van der Waals surface area contributed by atoms with Gasteiger partial charge in [0.1, 0.15) is 5.69 Å². The predicted octanol–water partition coefficient (Wildman–Crippen LogP) is 0.864. The third-order valence-electron chi connectivity index (χ3n) is 1.45. The number of aliphatic hydroxyl groups is 1. The highest BCUT2D eigenvalue weighted by molar-refractivity contribution is 5.34. The molecule has 1 rings (SSSR count). The van der Waals surface area contributed by atoms with Gasteiger partial charge in [0, 0.05) is 6.20 Å². The lowest BCUT2D eigenvalue weighted by molar-refractivity contribution is 0.281. The van der Waals surface area contributed by atoms with E-state index >= 15 is 0 Å². The summed E-state index contributed by atoms with van der Waals surface area (Å²) in [4.78, 5) is 3.97. The average Bonchev–Trinajstić information content (AvgIpc) is 2.04. The van der Waals surface area contributed by atoms with Crippen LogP contribution < -0.4 is 0 Å². The van der Waals surface area contributed by atoms with Crippen LogP contribution in [0, 0.1) is 19.3 Å². The zero-order valence-electron chi connectivity index (χ0n) is 6.33. The second-order valence-corrected chi connectivity index (χ2v) is 2.31. The number of pyridine rings is 1. The summed E-state index contributed by atoms with van der Waals surface area (Å²) < 4.78 is 0. The van der Waals surface area contributed by atoms with E-state index in [0.29, 0.717) is 5.69 Å². The van der Waals surface area contributed by atoms with Gasteiger partial charge in [0.25, 0.3) is 0 Å². The SMILES string of the molecule is C#Cc1ncc(CO)cc1C. The van der Waals surface area contributed by atoms with E-state index in [1.54, 1.807) is 6.20 Å². The molecule has 0 aliphatic rings. The zero-order valence-corrected chi connectivity index (χ0v) is 6.33. The van der Waals surface area contributed by atoms with Crippen molar-refractivity contribution >= 4 is 0 Å². The van der Waals surface area contributed by atoms with Crippen LogP contribution >= 0.6 is 0 Å². The molecule has 0 spiro atoms. The van der Waals surface area contributed by atoms with Crippen molar-refractivity contribution in [3.05, 3.63) is 29.1 Å². The van der Waals surface area contributed by atoms with Gasteiger partial charge in [-0.2, -0.15) is 0 Å². The van der Waals surface area contributed by atoms with Gasteiger partial charge in [0.15, 0.2) is 0 Å². The summed E-state index contributed by atoms with van der Waals surface area (Å²) in [5.74, 6) is 2.45. The van der Waals surface area contributed by atoms with Gasteiger partial charge in [-0.25, -0.2) is 4.98 Å². The Morgan fingerprint density at radius 2 is 2.45 bits per heavy atom. The van der Waals surface area contributed by atoms with Crippen LogP contribution in [0.5, 0.6) is 0 Å². The summed E-state index contributed by atoms with van der Waals surface area (Å²) in [5.41, 5.74) is 2.36. The molecule has 11 heavy (non-hydrogen) atoms. The van der Waals surface area contributed by atoms with Gasteiger partial charge in [0.2, 0.25) is 0 Å². The van der Waals surface area contributed by atoms with Crippen molar-refractivity contribution in [3.63, 3.8) is 0 Å². The van der Waals surface area contributed by atoms with Crippen molar-refractivity contribution in [2.45, 2.75) is 13.5 Å². The number of nitrogens with zero attached hydrogens (tertiary/aromatic N) is 1. The Morgan fingerprint density at radius 3 is 2.91 bits per heavy atom. The molecule has 0 saturated carbocycles. The van der Waals surface area contributed by atoms with Gasteiger partial charge >= 0.3 is 0 Å². The Balaban J connectivity index is 3.12. The topological polar surface area (TPSA) is 33.1 Å². The van der Waals surface area contributed by atoms with Crippen LogP contribution in [0.2, 0.25) is 0 Å². The van der Waals surface area contributed by atoms with Gasteiger partial charge in [-0.15, -0.1) is 6.42 Å². The maximum atomic E-state index is 8.73. The second-order valence-electron chi connectivity index (χ2n) is 2.31. The third kappa shape index (κ3) is 1.57. The number of aromatic nitrogens is 1. The first-order chi connectivity index (χ1) is 5.27. The summed E-state index contributed by atoms with van der Waals surface area (Å²) in [6.07, 6.45) is 6.75. The van der Waals surface area contributed by atoms with Gasteiger partial charge in [0.05, 0.1) is 6.61 Å². The van der Waals surface area contributed by atoms with Crippen LogP contribution in [0.4, 0.5) is 0 Å². The molecule has 2 nitrogen and oxygen atoms in total. The molecule has 1 N–H and O–H groups in total. The third-order valence-corrected chi connectivity index (χ3v) is 1.45. The van der Waals surface area contributed by atoms with Crippen molar-refractivity contribution < 1.29 is 5.11 Å². The molecule has 1 aromatic rings. The molecule has 0 bridgehead atoms. The first-order valence-corrected chi connectivity index (χ1v) is 3.31. The van der Waals surface area contributed by atoms with E-state index in [2.05, 4.69) is 10.9 Å². The monoisotopic (exact) mass is 147 g/mol. The van der Waals surface area contributed by atoms with E-state index < -0.39 is 0 Å². The lowest BCUT2D eigenvalue weighted by Gasteiger charge is -1.99. The zero-order chi connectivity index (χ0) is 8.27. The summed E-state index contributed by atoms with van der Waals surface area (Å²) in [5, 5.41) is 8.73. The van der Waals surface area contributed by atoms with E-state index in [1.165, 1.54) is 0 Å². The highest BCUT2D eigenvalue weighted by Crippen LogP contribution is 2.05. The molecule has 0 aliphatic heterocycles. The minimum absolute atomic E-state index is 0.0126. The smallest absolute Gasteiger partial charge is 0.115 e. The lowest BCUT2D eigenvalue weighted by Crippen LogP contribution is -1.91. The minimum Gasteiger partial charge on any atom is -0.392 e. The predicted molar refractivity (Wildman–Crippen MR) is 42.8 cm³/mol. The van der Waals surface area contributed by atoms with Crippen LogP contribution in [-0.4, -0.2) is 10.1 Å². The summed E-state index contributed by atoms with van der Waals surface area (Å²) in [7, 11) is 0. The Kier molecular flexibility index (Phi) is 2.25. The van der Waals surface area contributed by atoms with Crippen LogP contribution in [-0.2, 0) is 6.61 Å². The lowest BCUT2D eigenvalue weighted by atomic mass is 10.2. The van der Waals surface area contributed by atoms with Crippen LogP contribution in [0.25, 0.3) is 0 Å². The first-order valence-electron chi connectivity index (χ1n) is 3.31. The first kappa shape index (κ1) is 7.77. The fourth-order valence-corrected chi connectivity index (χ4v) is 0.871. The van der Waals surface area contributed by atoms with E-state index in [1.807, 2.05) is 13.0 Å². The number of hydrogen-bond donors (Lipinski definition) is 1. The highest BCUT2D eigenvalue weighted by Gasteiger charge is 1.96. The Labute approximate surface area is 65.9 Å². The van der Waals surface area contributed by atoms with E-state index in [4.69, 9.17) is 11.5 Å². The number of rotatable bonds is 1. The molecule has 1 aromatic heterocycles. The molecule has 0 amide bonds. The Morgan fingerprint density at radius 1 is 1.73 bits per heavy atom. The Hall–Kier alpha value is -1.33. The molecule has 56 valence electrons.